The minimum absolute atomic E-state index is 0.225. The molecule has 0 saturated heterocycles. The number of anilines is 1. The molecular formula is C29H27N3O4S. The first-order valence-electron chi connectivity index (χ1n) is 12.2. The molecule has 1 aliphatic heterocycles. The molecule has 0 fully saturated rings. The van der Waals surface area contributed by atoms with Crippen molar-refractivity contribution in [3.8, 4) is 17.4 Å². The molecule has 1 N–H and O–H groups in total. The second kappa shape index (κ2) is 11.3. The van der Waals surface area contributed by atoms with Crippen LogP contribution in [0.2, 0.25) is 0 Å². The number of aromatic nitrogens is 1. The molecule has 0 bridgehead atoms. The van der Waals surface area contributed by atoms with Gasteiger partial charge in [-0.2, -0.15) is 0 Å². The van der Waals surface area contributed by atoms with Gasteiger partial charge in [-0.15, -0.1) is 0 Å². The van der Waals surface area contributed by atoms with Crippen LogP contribution in [0.5, 0.6) is 17.4 Å². The first-order valence-corrected chi connectivity index (χ1v) is 13.7. The molecule has 0 saturated carbocycles. The summed E-state index contributed by atoms with van der Waals surface area (Å²) in [5.41, 5.74) is 1.39. The Hall–Kier alpha value is -4.17. The molecule has 7 nitrogen and oxygen atoms in total. The number of benzene rings is 3. The zero-order valence-electron chi connectivity index (χ0n) is 20.2. The van der Waals surface area contributed by atoms with Gasteiger partial charge in [-0.05, 0) is 79.9 Å². The maximum atomic E-state index is 13.0. The lowest BCUT2D eigenvalue weighted by atomic mass is 10.2. The molecule has 0 aliphatic carbocycles. The zero-order valence-corrected chi connectivity index (χ0v) is 21.0. The summed E-state index contributed by atoms with van der Waals surface area (Å²) in [4.78, 5) is 9.78. The number of hydrogen-bond acceptors (Lipinski definition) is 7. The SMILES string of the molecule is O=S(=O)(c1ccccc1)c1ccc(NC2=NCCCCCOc3ccccc3Oc3ncccc32)cc1. The highest BCUT2D eigenvalue weighted by Gasteiger charge is 2.18. The summed E-state index contributed by atoms with van der Waals surface area (Å²) in [5, 5.41) is 3.35. The number of amidine groups is 1. The van der Waals surface area contributed by atoms with Gasteiger partial charge in [-0.25, -0.2) is 13.4 Å². The third kappa shape index (κ3) is 5.81. The predicted octanol–water partition coefficient (Wildman–Crippen LogP) is 6.13. The van der Waals surface area contributed by atoms with Crippen LogP contribution in [0.15, 0.2) is 112 Å². The molecule has 2 heterocycles. The Bertz CT molecular complexity index is 1490. The number of nitrogens with one attached hydrogen (secondary N) is 1. The standard InChI is InChI=1S/C29H27N3O4S/c33-37(34,23-10-3-1-4-11-23)24-17-15-22(16-18-24)32-28-25-12-9-20-31-29(25)36-27-14-6-5-13-26(27)35-21-8-2-7-19-30-28/h1,3-6,9-18,20H,2,7-8,19,21H2,(H,30,32). The van der Waals surface area contributed by atoms with E-state index in [0.717, 1.165) is 19.3 Å². The second-order valence-electron chi connectivity index (χ2n) is 8.51. The van der Waals surface area contributed by atoms with Crippen LogP contribution in [-0.2, 0) is 9.84 Å². The minimum atomic E-state index is -3.60. The van der Waals surface area contributed by atoms with E-state index in [1.54, 1.807) is 60.8 Å². The van der Waals surface area contributed by atoms with Gasteiger partial charge in [0.2, 0.25) is 15.7 Å². The van der Waals surface area contributed by atoms with Crippen molar-refractivity contribution in [2.45, 2.75) is 29.1 Å². The molecule has 37 heavy (non-hydrogen) atoms. The van der Waals surface area contributed by atoms with Gasteiger partial charge in [-0.1, -0.05) is 30.3 Å². The van der Waals surface area contributed by atoms with Crippen LogP contribution in [0.1, 0.15) is 24.8 Å². The summed E-state index contributed by atoms with van der Waals surface area (Å²) < 4.78 is 38.1. The Morgan fingerprint density at radius 3 is 2.27 bits per heavy atom. The monoisotopic (exact) mass is 513 g/mol. The van der Waals surface area contributed by atoms with E-state index in [0.29, 0.717) is 47.6 Å². The van der Waals surface area contributed by atoms with Gasteiger partial charge in [0.05, 0.1) is 22.0 Å². The van der Waals surface area contributed by atoms with Gasteiger partial charge >= 0.3 is 0 Å². The predicted molar refractivity (Wildman–Crippen MR) is 143 cm³/mol. The third-order valence-corrected chi connectivity index (χ3v) is 7.68. The molecule has 8 heteroatoms. The van der Waals surface area contributed by atoms with Crippen LogP contribution in [0.3, 0.4) is 0 Å². The zero-order chi connectivity index (χ0) is 25.5. The van der Waals surface area contributed by atoms with Gasteiger partial charge in [-0.3, -0.25) is 4.99 Å². The molecule has 3 aromatic carbocycles. The summed E-state index contributed by atoms with van der Waals surface area (Å²) in [6.07, 6.45) is 4.46. The molecule has 0 radical (unpaired) electrons. The number of pyridine rings is 1. The van der Waals surface area contributed by atoms with E-state index in [1.807, 2.05) is 36.4 Å². The average Bonchev–Trinajstić information content (AvgIpc) is 2.95. The quantitative estimate of drug-likeness (QED) is 0.355. The van der Waals surface area contributed by atoms with E-state index in [1.165, 1.54) is 0 Å². The minimum Gasteiger partial charge on any atom is -0.490 e. The first kappa shape index (κ1) is 24.5. The lowest BCUT2D eigenvalue weighted by Gasteiger charge is -2.16. The highest BCUT2D eigenvalue weighted by Crippen LogP contribution is 2.33. The van der Waals surface area contributed by atoms with Crippen molar-refractivity contribution < 1.29 is 17.9 Å². The third-order valence-electron chi connectivity index (χ3n) is 5.89. The van der Waals surface area contributed by atoms with Gasteiger partial charge in [0.15, 0.2) is 11.5 Å². The van der Waals surface area contributed by atoms with Gasteiger partial charge in [0.25, 0.3) is 0 Å². The Kier molecular flexibility index (Phi) is 7.46. The Morgan fingerprint density at radius 1 is 0.730 bits per heavy atom. The molecule has 5 rings (SSSR count). The molecule has 1 aromatic heterocycles. The smallest absolute Gasteiger partial charge is 0.230 e. The topological polar surface area (TPSA) is 89.9 Å². The van der Waals surface area contributed by atoms with E-state index >= 15 is 0 Å². The van der Waals surface area contributed by atoms with Gasteiger partial charge in [0.1, 0.15) is 5.84 Å². The van der Waals surface area contributed by atoms with Crippen molar-refractivity contribution in [2.75, 3.05) is 18.5 Å². The Labute approximate surface area is 216 Å². The number of hydrogen-bond donors (Lipinski definition) is 1. The van der Waals surface area contributed by atoms with Crippen molar-refractivity contribution in [3.05, 3.63) is 103 Å². The van der Waals surface area contributed by atoms with Crippen molar-refractivity contribution in [1.82, 2.24) is 4.98 Å². The number of sulfone groups is 1. The summed E-state index contributed by atoms with van der Waals surface area (Å²) in [6.45, 7) is 1.21. The number of aliphatic imine (C=N–C) groups is 1. The van der Waals surface area contributed by atoms with Crippen LogP contribution in [0.4, 0.5) is 5.69 Å². The van der Waals surface area contributed by atoms with Crippen LogP contribution in [-0.4, -0.2) is 32.4 Å². The van der Waals surface area contributed by atoms with Crippen LogP contribution in [0, 0.1) is 0 Å². The second-order valence-corrected chi connectivity index (χ2v) is 10.5. The number of para-hydroxylation sites is 2. The summed E-state index contributed by atoms with van der Waals surface area (Å²) in [7, 11) is -3.60. The maximum absolute atomic E-state index is 13.0. The highest BCUT2D eigenvalue weighted by molar-refractivity contribution is 7.91. The molecule has 0 spiro atoms. The van der Waals surface area contributed by atoms with Crippen molar-refractivity contribution in [3.63, 3.8) is 0 Å². The Morgan fingerprint density at radius 2 is 1.46 bits per heavy atom. The molecule has 1 aliphatic rings. The number of ether oxygens (including phenoxy) is 2. The van der Waals surface area contributed by atoms with Gasteiger partial charge < -0.3 is 14.8 Å². The highest BCUT2D eigenvalue weighted by atomic mass is 32.2. The summed E-state index contributed by atoms with van der Waals surface area (Å²) in [5.74, 6) is 2.24. The van der Waals surface area contributed by atoms with Crippen molar-refractivity contribution in [1.29, 1.82) is 0 Å². The Balaban J connectivity index is 1.45. The van der Waals surface area contributed by atoms with E-state index in [2.05, 4.69) is 10.3 Å². The molecule has 0 amide bonds. The maximum Gasteiger partial charge on any atom is 0.230 e. The fourth-order valence-corrected chi connectivity index (χ4v) is 5.24. The van der Waals surface area contributed by atoms with Crippen LogP contribution < -0.4 is 14.8 Å². The number of nitrogens with zero attached hydrogens (tertiary/aromatic N) is 2. The van der Waals surface area contributed by atoms with E-state index in [9.17, 15) is 8.42 Å². The fourth-order valence-electron chi connectivity index (χ4n) is 3.96. The van der Waals surface area contributed by atoms with Crippen LogP contribution in [0.25, 0.3) is 0 Å². The van der Waals surface area contributed by atoms with E-state index < -0.39 is 9.84 Å². The average molecular weight is 514 g/mol. The van der Waals surface area contributed by atoms with E-state index in [-0.39, 0.29) is 9.79 Å². The molecule has 0 atom stereocenters. The normalized spacial score (nSPS) is 14.2. The molecular weight excluding hydrogens is 486 g/mol. The van der Waals surface area contributed by atoms with Gasteiger partial charge in [0, 0.05) is 18.4 Å². The largest absolute Gasteiger partial charge is 0.490 e. The number of rotatable bonds is 3. The number of fused-ring (bicyclic) bond motifs is 2. The first-order chi connectivity index (χ1) is 18.1. The van der Waals surface area contributed by atoms with E-state index in [4.69, 9.17) is 14.5 Å². The summed E-state index contributed by atoms with van der Waals surface area (Å²) >= 11 is 0. The van der Waals surface area contributed by atoms with Crippen molar-refractivity contribution in [2.24, 2.45) is 4.99 Å². The fraction of sp³-hybridized carbons (Fsp3) is 0.172. The lowest BCUT2D eigenvalue weighted by Crippen LogP contribution is -2.16. The van der Waals surface area contributed by atoms with Crippen LogP contribution >= 0.6 is 0 Å². The van der Waals surface area contributed by atoms with Crippen molar-refractivity contribution >= 4 is 21.4 Å². The summed E-state index contributed by atoms with van der Waals surface area (Å²) in [6, 6.07) is 26.3. The molecule has 4 aromatic rings. The lowest BCUT2D eigenvalue weighted by molar-refractivity contribution is 0.291. The molecule has 0 unspecified atom stereocenters. The molecule has 188 valence electrons.